The topological polar surface area (TPSA) is 80.7 Å². The summed E-state index contributed by atoms with van der Waals surface area (Å²) in [6.45, 7) is 0.857. The highest BCUT2D eigenvalue weighted by Crippen LogP contribution is 2.32. The molecule has 1 aliphatic carbocycles. The molecular weight excluding hydrogens is 448 g/mol. The quantitative estimate of drug-likeness (QED) is 0.294. The van der Waals surface area contributed by atoms with E-state index < -0.39 is 0 Å². The van der Waals surface area contributed by atoms with Gasteiger partial charge in [-0.1, -0.05) is 61.4 Å². The Hall–Kier alpha value is -3.90. The molecular formula is C30H32N4O2. The van der Waals surface area contributed by atoms with Gasteiger partial charge in [-0.05, 0) is 56.8 Å². The Kier molecular flexibility index (Phi) is 6.87. The highest BCUT2D eigenvalue weighted by Gasteiger charge is 2.21. The minimum absolute atomic E-state index is 0.0326. The van der Waals surface area contributed by atoms with Crippen molar-refractivity contribution >= 4 is 28.2 Å². The number of nitrogens with zero attached hydrogens (tertiary/aromatic N) is 2. The molecule has 0 radical (unpaired) electrons. The van der Waals surface area contributed by atoms with Gasteiger partial charge < -0.3 is 20.3 Å². The summed E-state index contributed by atoms with van der Waals surface area (Å²) in [6, 6.07) is 23.8. The van der Waals surface area contributed by atoms with Crippen LogP contribution in [0, 0.1) is 0 Å². The Morgan fingerprint density at radius 2 is 1.72 bits per heavy atom. The van der Waals surface area contributed by atoms with Gasteiger partial charge in [-0.3, -0.25) is 4.79 Å². The molecule has 1 heterocycles. The van der Waals surface area contributed by atoms with Gasteiger partial charge in [-0.15, -0.1) is 0 Å². The van der Waals surface area contributed by atoms with Crippen LogP contribution in [0.15, 0.2) is 77.8 Å². The lowest BCUT2D eigenvalue weighted by Gasteiger charge is -2.12. The number of carbonyl (C=O) groups excluding carboxylic acids is 1. The Bertz CT molecular complexity index is 1380. The second-order valence-corrected chi connectivity index (χ2v) is 9.79. The largest absolute Gasteiger partial charge is 0.494 e. The minimum Gasteiger partial charge on any atom is -0.494 e. The van der Waals surface area contributed by atoms with Crippen LogP contribution < -0.4 is 5.32 Å². The lowest BCUT2D eigenvalue weighted by molar-refractivity contribution is 0.0938. The van der Waals surface area contributed by atoms with Gasteiger partial charge in [0.05, 0.1) is 17.0 Å². The maximum Gasteiger partial charge on any atom is 0.251 e. The van der Waals surface area contributed by atoms with Crippen molar-refractivity contribution in [3.8, 4) is 5.88 Å². The van der Waals surface area contributed by atoms with E-state index in [0.29, 0.717) is 22.4 Å². The molecule has 0 bridgehead atoms. The fourth-order valence-electron chi connectivity index (χ4n) is 4.93. The molecule has 0 atom stereocenters. The Balaban J connectivity index is 1.53. The monoisotopic (exact) mass is 480 g/mol. The second kappa shape index (κ2) is 10.4. The third-order valence-electron chi connectivity index (χ3n) is 6.69. The number of aliphatic imine (C=N–C) groups is 1. The van der Waals surface area contributed by atoms with E-state index in [9.17, 15) is 9.90 Å². The lowest BCUT2D eigenvalue weighted by Crippen LogP contribution is -2.32. The molecule has 0 spiro atoms. The predicted molar refractivity (Wildman–Crippen MR) is 145 cm³/mol. The van der Waals surface area contributed by atoms with E-state index in [2.05, 4.69) is 27.3 Å². The Morgan fingerprint density at radius 1 is 1.00 bits per heavy atom. The summed E-state index contributed by atoms with van der Waals surface area (Å²) in [5.41, 5.74) is 5.48. The third kappa shape index (κ3) is 5.19. The summed E-state index contributed by atoms with van der Waals surface area (Å²) in [6.07, 6.45) is 4.40. The van der Waals surface area contributed by atoms with Crippen LogP contribution in [0.1, 0.15) is 52.7 Å². The van der Waals surface area contributed by atoms with Crippen LogP contribution in [-0.2, 0) is 6.54 Å². The van der Waals surface area contributed by atoms with Crippen molar-refractivity contribution in [1.82, 2.24) is 15.2 Å². The van der Waals surface area contributed by atoms with Crippen LogP contribution in [0.2, 0.25) is 0 Å². The summed E-state index contributed by atoms with van der Waals surface area (Å²) in [5.74, 6) is -0.0422. The van der Waals surface area contributed by atoms with Gasteiger partial charge in [0.1, 0.15) is 0 Å². The number of aromatic hydroxyl groups is 1. The van der Waals surface area contributed by atoms with Crippen molar-refractivity contribution in [2.45, 2.75) is 38.3 Å². The van der Waals surface area contributed by atoms with Crippen molar-refractivity contribution in [2.24, 2.45) is 4.99 Å². The molecule has 1 aromatic heterocycles. The minimum atomic E-state index is -0.0748. The molecule has 1 fully saturated rings. The van der Waals surface area contributed by atoms with E-state index in [-0.39, 0.29) is 17.8 Å². The van der Waals surface area contributed by atoms with Crippen molar-refractivity contribution in [1.29, 1.82) is 0 Å². The molecule has 4 aromatic rings. The number of fused-ring (bicyclic) bond motifs is 1. The zero-order valence-electron chi connectivity index (χ0n) is 20.8. The number of aromatic amines is 1. The van der Waals surface area contributed by atoms with E-state index in [1.165, 1.54) is 5.56 Å². The average Bonchev–Trinajstić information content (AvgIpc) is 3.50. The van der Waals surface area contributed by atoms with E-state index in [0.717, 1.165) is 48.9 Å². The summed E-state index contributed by atoms with van der Waals surface area (Å²) >= 11 is 0. The standard InChI is InChI=1S/C30H32N4O2/c1-34(2)19-20-12-15-24(16-13-20)31-28(21-8-4-3-5-9-21)27-25-17-14-22(18-26(25)33-30(27)36)29(35)32-23-10-6-7-11-23/h3-5,8-9,12-18,23,33,36H,6-7,10-11,19H2,1-2H3,(H,32,35). The third-order valence-corrected chi connectivity index (χ3v) is 6.69. The fourth-order valence-corrected chi connectivity index (χ4v) is 4.93. The van der Waals surface area contributed by atoms with Crippen LogP contribution in [0.5, 0.6) is 5.88 Å². The maximum absolute atomic E-state index is 12.8. The number of benzene rings is 3. The van der Waals surface area contributed by atoms with Gasteiger partial charge in [0.2, 0.25) is 0 Å². The average molecular weight is 481 g/mol. The zero-order valence-corrected chi connectivity index (χ0v) is 20.8. The van der Waals surface area contributed by atoms with Crippen LogP contribution in [0.3, 0.4) is 0 Å². The SMILES string of the molecule is CN(C)Cc1ccc(N=C(c2ccccc2)c2c(O)[nH]c3cc(C(=O)NC4CCCC4)ccc23)cc1. The van der Waals surface area contributed by atoms with Gasteiger partial charge >= 0.3 is 0 Å². The van der Waals surface area contributed by atoms with Gasteiger partial charge in [-0.2, -0.15) is 0 Å². The number of H-pyrrole nitrogens is 1. The van der Waals surface area contributed by atoms with Crippen molar-refractivity contribution in [3.05, 3.63) is 95.1 Å². The van der Waals surface area contributed by atoms with Gasteiger partial charge in [0.25, 0.3) is 5.91 Å². The molecule has 0 unspecified atom stereocenters. The van der Waals surface area contributed by atoms with Crippen LogP contribution in [-0.4, -0.2) is 46.7 Å². The molecule has 6 nitrogen and oxygen atoms in total. The fraction of sp³-hybridized carbons (Fsp3) is 0.267. The zero-order chi connectivity index (χ0) is 25.1. The summed E-state index contributed by atoms with van der Waals surface area (Å²) in [4.78, 5) is 23.0. The first-order valence-electron chi connectivity index (χ1n) is 12.5. The van der Waals surface area contributed by atoms with E-state index in [1.54, 1.807) is 0 Å². The molecule has 1 amide bonds. The number of carbonyl (C=O) groups is 1. The molecule has 1 aliphatic rings. The smallest absolute Gasteiger partial charge is 0.251 e. The van der Waals surface area contributed by atoms with Gasteiger partial charge in [0.15, 0.2) is 5.88 Å². The molecule has 184 valence electrons. The lowest BCUT2D eigenvalue weighted by atomic mass is 10.00. The van der Waals surface area contributed by atoms with Crippen molar-refractivity contribution in [2.75, 3.05) is 14.1 Å². The molecule has 5 rings (SSSR count). The number of nitrogens with one attached hydrogen (secondary N) is 2. The first-order valence-corrected chi connectivity index (χ1v) is 12.5. The number of aromatic nitrogens is 1. The predicted octanol–water partition coefficient (Wildman–Crippen LogP) is 5.78. The molecule has 1 saturated carbocycles. The van der Waals surface area contributed by atoms with E-state index >= 15 is 0 Å². The first kappa shape index (κ1) is 23.8. The maximum atomic E-state index is 12.8. The molecule has 6 heteroatoms. The molecule has 0 saturated heterocycles. The molecule has 0 aliphatic heterocycles. The number of hydrogen-bond acceptors (Lipinski definition) is 4. The number of hydrogen-bond donors (Lipinski definition) is 3. The van der Waals surface area contributed by atoms with Gasteiger partial charge in [-0.25, -0.2) is 4.99 Å². The molecule has 36 heavy (non-hydrogen) atoms. The van der Waals surface area contributed by atoms with Crippen LogP contribution >= 0.6 is 0 Å². The van der Waals surface area contributed by atoms with Crippen LogP contribution in [0.4, 0.5) is 5.69 Å². The number of rotatable bonds is 7. The van der Waals surface area contributed by atoms with Crippen molar-refractivity contribution < 1.29 is 9.90 Å². The van der Waals surface area contributed by atoms with Crippen molar-refractivity contribution in [3.63, 3.8) is 0 Å². The van der Waals surface area contributed by atoms with Crippen LogP contribution in [0.25, 0.3) is 10.9 Å². The Labute approximate surface area is 211 Å². The van der Waals surface area contributed by atoms with E-state index in [1.807, 2.05) is 74.8 Å². The normalized spacial score (nSPS) is 14.6. The first-order chi connectivity index (χ1) is 17.5. The van der Waals surface area contributed by atoms with E-state index in [4.69, 9.17) is 4.99 Å². The molecule has 3 N–H and O–H groups in total. The summed E-state index contributed by atoms with van der Waals surface area (Å²) in [5, 5.41) is 15.0. The second-order valence-electron chi connectivity index (χ2n) is 9.79. The number of amides is 1. The van der Waals surface area contributed by atoms with Gasteiger partial charge in [0, 0.05) is 34.6 Å². The summed E-state index contributed by atoms with van der Waals surface area (Å²) in [7, 11) is 4.09. The highest BCUT2D eigenvalue weighted by molar-refractivity contribution is 6.22. The summed E-state index contributed by atoms with van der Waals surface area (Å²) < 4.78 is 0. The molecule has 3 aromatic carbocycles. The Morgan fingerprint density at radius 3 is 2.42 bits per heavy atom. The highest BCUT2D eigenvalue weighted by atomic mass is 16.3.